The van der Waals surface area contributed by atoms with Crippen molar-refractivity contribution in [1.82, 2.24) is 15.0 Å². The van der Waals surface area contributed by atoms with E-state index in [0.717, 1.165) is 17.8 Å². The van der Waals surface area contributed by atoms with E-state index in [4.69, 9.17) is 32.7 Å². The highest BCUT2D eigenvalue weighted by molar-refractivity contribution is 6.35. The fourth-order valence-corrected chi connectivity index (χ4v) is 6.21. The van der Waals surface area contributed by atoms with Crippen molar-refractivity contribution in [2.75, 3.05) is 11.5 Å². The van der Waals surface area contributed by atoms with Gasteiger partial charge >= 0.3 is 5.97 Å². The minimum Gasteiger partial charge on any atom is -0.457 e. The molecule has 0 radical (unpaired) electrons. The molecule has 1 saturated heterocycles. The number of aliphatic hydroxyl groups is 3. The summed E-state index contributed by atoms with van der Waals surface area (Å²) >= 11 is 12.5. The third-order valence-electron chi connectivity index (χ3n) is 7.65. The zero-order valence-electron chi connectivity index (χ0n) is 23.0. The minimum atomic E-state index is -1.68. The van der Waals surface area contributed by atoms with Crippen LogP contribution < -0.4 is 4.90 Å². The molecular weight excluding hydrogens is 632 g/mol. The summed E-state index contributed by atoms with van der Waals surface area (Å²) in [6.07, 6.45) is -4.72. The standard InChI is InChI=1S/C28H27Cl2F3N4O7/c1-12(39)43-26-24(36-10-19(34-35-36)13-5-17(31)23(33)18(32)6-13)25(41)22(11-38)44-27(26)28(42)37(20-3-2-4-21(20)40)16-8-14(29)7-15(30)9-16/h5-10,20-22,24-27,38,40-41H,2-4,11H2,1H3/t20-,21-,22?,24?,25?,26?,27?/m0/s1. The number of halogens is 5. The van der Waals surface area contributed by atoms with E-state index in [-0.39, 0.29) is 27.0 Å². The number of hydrogen-bond donors (Lipinski definition) is 3. The van der Waals surface area contributed by atoms with Gasteiger partial charge in [-0.15, -0.1) is 5.10 Å². The summed E-state index contributed by atoms with van der Waals surface area (Å²) in [7, 11) is 0. The lowest BCUT2D eigenvalue weighted by Crippen LogP contribution is -2.63. The van der Waals surface area contributed by atoms with Crippen molar-refractivity contribution in [2.24, 2.45) is 0 Å². The van der Waals surface area contributed by atoms with Gasteiger partial charge in [-0.1, -0.05) is 28.4 Å². The summed E-state index contributed by atoms with van der Waals surface area (Å²) in [6, 6.07) is 3.59. The Morgan fingerprint density at radius 3 is 2.32 bits per heavy atom. The highest BCUT2D eigenvalue weighted by atomic mass is 35.5. The highest BCUT2D eigenvalue weighted by Crippen LogP contribution is 2.38. The maximum absolute atomic E-state index is 14.4. The van der Waals surface area contributed by atoms with Gasteiger partial charge in [0.05, 0.1) is 24.9 Å². The molecular formula is C28H27Cl2F3N4O7. The van der Waals surface area contributed by atoms with Gasteiger partial charge in [0.25, 0.3) is 5.91 Å². The molecule has 5 rings (SSSR count). The van der Waals surface area contributed by atoms with Crippen molar-refractivity contribution in [3.63, 3.8) is 0 Å². The van der Waals surface area contributed by atoms with Crippen LogP contribution in [-0.4, -0.2) is 85.4 Å². The van der Waals surface area contributed by atoms with Crippen LogP contribution in [0.15, 0.2) is 36.5 Å². The van der Waals surface area contributed by atoms with Gasteiger partial charge in [0.1, 0.15) is 23.9 Å². The molecule has 2 aliphatic rings. The Balaban J connectivity index is 1.59. The summed E-state index contributed by atoms with van der Waals surface area (Å²) < 4.78 is 53.8. The molecule has 2 aromatic carbocycles. The van der Waals surface area contributed by atoms with Gasteiger partial charge in [-0.05, 0) is 49.6 Å². The number of amides is 1. The van der Waals surface area contributed by atoms with E-state index in [9.17, 15) is 38.1 Å². The Kier molecular flexibility index (Phi) is 9.49. The number of anilines is 1. The quantitative estimate of drug-likeness (QED) is 0.257. The fraction of sp³-hybridized carbons (Fsp3) is 0.429. The van der Waals surface area contributed by atoms with Gasteiger partial charge in [-0.2, -0.15) is 0 Å². The van der Waals surface area contributed by atoms with Crippen molar-refractivity contribution in [2.45, 2.75) is 68.8 Å². The molecule has 44 heavy (non-hydrogen) atoms. The third kappa shape index (κ3) is 6.28. The molecule has 3 aromatic rings. The molecule has 0 bridgehead atoms. The number of hydrogen-bond acceptors (Lipinski definition) is 9. The van der Waals surface area contributed by atoms with Crippen molar-refractivity contribution in [1.29, 1.82) is 0 Å². The van der Waals surface area contributed by atoms with Gasteiger partial charge in [0.2, 0.25) is 0 Å². The summed E-state index contributed by atoms with van der Waals surface area (Å²) in [5, 5.41) is 40.3. The maximum Gasteiger partial charge on any atom is 0.303 e. The number of ether oxygens (including phenoxy) is 2. The summed E-state index contributed by atoms with van der Waals surface area (Å²) in [5.41, 5.74) is -0.116. The average molecular weight is 659 g/mol. The summed E-state index contributed by atoms with van der Waals surface area (Å²) in [6.45, 7) is 0.286. The number of benzene rings is 2. The summed E-state index contributed by atoms with van der Waals surface area (Å²) in [5.74, 6) is -6.29. The number of carbonyl (C=O) groups is 2. The van der Waals surface area contributed by atoms with Gasteiger partial charge in [0.15, 0.2) is 29.7 Å². The molecule has 1 aliphatic heterocycles. The van der Waals surface area contributed by atoms with E-state index >= 15 is 0 Å². The molecule has 7 atom stereocenters. The van der Waals surface area contributed by atoms with E-state index in [2.05, 4.69) is 10.3 Å². The van der Waals surface area contributed by atoms with E-state index in [1.807, 2.05) is 0 Å². The number of nitrogens with zero attached hydrogens (tertiary/aromatic N) is 4. The number of aromatic nitrogens is 3. The van der Waals surface area contributed by atoms with Gasteiger partial charge < -0.3 is 29.7 Å². The zero-order valence-corrected chi connectivity index (χ0v) is 24.5. The Labute approximate surface area is 258 Å². The maximum atomic E-state index is 14.4. The lowest BCUT2D eigenvalue weighted by atomic mass is 9.91. The fourth-order valence-electron chi connectivity index (χ4n) is 5.70. The third-order valence-corrected chi connectivity index (χ3v) is 8.08. The van der Waals surface area contributed by atoms with Crippen molar-refractivity contribution in [3.05, 3.63) is 64.0 Å². The van der Waals surface area contributed by atoms with Crippen LogP contribution in [0, 0.1) is 17.5 Å². The second-order valence-electron chi connectivity index (χ2n) is 10.6. The Hall–Kier alpha value is -3.27. The minimum absolute atomic E-state index is 0.143. The van der Waals surface area contributed by atoms with Crippen LogP contribution in [0.3, 0.4) is 0 Å². The molecule has 1 amide bonds. The topological polar surface area (TPSA) is 147 Å². The molecule has 1 aliphatic carbocycles. The first kappa shape index (κ1) is 32.1. The Bertz CT molecular complexity index is 1520. The predicted molar refractivity (Wildman–Crippen MR) is 149 cm³/mol. The van der Waals surface area contributed by atoms with Crippen molar-refractivity contribution >= 4 is 40.8 Å². The molecule has 2 heterocycles. The molecule has 2 fully saturated rings. The lowest BCUT2D eigenvalue weighted by Gasteiger charge is -2.45. The van der Waals surface area contributed by atoms with Gasteiger partial charge in [-0.3, -0.25) is 9.59 Å². The Morgan fingerprint density at radius 1 is 1.09 bits per heavy atom. The van der Waals surface area contributed by atoms with Gasteiger partial charge in [-0.25, -0.2) is 17.9 Å². The smallest absolute Gasteiger partial charge is 0.303 e. The monoisotopic (exact) mass is 658 g/mol. The first-order chi connectivity index (χ1) is 20.9. The molecule has 3 N–H and O–H groups in total. The number of esters is 1. The largest absolute Gasteiger partial charge is 0.457 e. The zero-order chi connectivity index (χ0) is 31.9. The number of rotatable bonds is 7. The second kappa shape index (κ2) is 13.0. The van der Waals surface area contributed by atoms with Crippen molar-refractivity contribution in [3.8, 4) is 11.3 Å². The van der Waals surface area contributed by atoms with E-state index in [0.29, 0.717) is 31.4 Å². The average Bonchev–Trinajstić information content (AvgIpc) is 3.60. The molecule has 1 aromatic heterocycles. The first-order valence-corrected chi connectivity index (χ1v) is 14.3. The molecule has 236 valence electrons. The predicted octanol–water partition coefficient (Wildman–Crippen LogP) is 3.21. The first-order valence-electron chi connectivity index (χ1n) is 13.5. The van der Waals surface area contributed by atoms with E-state index in [1.54, 1.807) is 0 Å². The van der Waals surface area contributed by atoms with Gasteiger partial charge in [0, 0.05) is 28.2 Å². The molecule has 11 nitrogen and oxygen atoms in total. The lowest BCUT2D eigenvalue weighted by molar-refractivity contribution is -0.216. The number of carbonyl (C=O) groups excluding carboxylic acids is 2. The summed E-state index contributed by atoms with van der Waals surface area (Å²) in [4.78, 5) is 28.0. The van der Waals surface area contributed by atoms with E-state index < -0.39 is 78.5 Å². The molecule has 16 heteroatoms. The van der Waals surface area contributed by atoms with E-state index in [1.165, 1.54) is 23.1 Å². The molecule has 1 saturated carbocycles. The van der Waals surface area contributed by atoms with Crippen LogP contribution in [0.2, 0.25) is 10.0 Å². The van der Waals surface area contributed by atoms with Crippen LogP contribution in [0.5, 0.6) is 0 Å². The van der Waals surface area contributed by atoms with Crippen molar-refractivity contribution < 1.29 is 47.6 Å². The molecule has 0 spiro atoms. The SMILES string of the molecule is CC(=O)OC1C(C(=O)N(c2cc(Cl)cc(Cl)c2)[C@H]2CCC[C@@H]2O)OC(CO)C(O)C1n1cc(-c2cc(F)c(F)c(F)c2)nn1. The normalized spacial score (nSPS) is 26.9. The highest BCUT2D eigenvalue weighted by Gasteiger charge is 2.53. The van der Waals surface area contributed by atoms with Crippen LogP contribution in [0.25, 0.3) is 11.3 Å². The van der Waals surface area contributed by atoms with Crippen LogP contribution in [0.4, 0.5) is 18.9 Å². The van der Waals surface area contributed by atoms with Crippen LogP contribution in [-0.2, 0) is 19.1 Å². The molecule has 5 unspecified atom stereocenters. The van der Waals surface area contributed by atoms with Crippen LogP contribution >= 0.6 is 23.2 Å². The second-order valence-corrected chi connectivity index (χ2v) is 11.4. The van der Waals surface area contributed by atoms with Crippen LogP contribution in [0.1, 0.15) is 32.2 Å². The Morgan fingerprint density at radius 2 is 1.75 bits per heavy atom. The number of aliphatic hydroxyl groups excluding tert-OH is 3.